The van der Waals surface area contributed by atoms with Crippen LogP contribution in [0.1, 0.15) is 24.5 Å². The quantitative estimate of drug-likeness (QED) is 0.729. The molecule has 0 aromatic heterocycles. The minimum Gasteiger partial charge on any atom is -0.331 e. The van der Waals surface area contributed by atoms with Gasteiger partial charge in [0, 0.05) is 13.5 Å². The van der Waals surface area contributed by atoms with Crippen molar-refractivity contribution in [2.45, 2.75) is 31.3 Å². The molecular weight excluding hydrogens is 376 g/mol. The molecule has 5 rings (SSSR count). The highest BCUT2D eigenvalue weighted by atomic mass is 16.2. The van der Waals surface area contributed by atoms with Crippen molar-refractivity contribution in [3.63, 3.8) is 0 Å². The monoisotopic (exact) mass is 398 g/mol. The molecule has 30 heavy (non-hydrogen) atoms. The predicted molar refractivity (Wildman–Crippen MR) is 113 cm³/mol. The lowest BCUT2D eigenvalue weighted by Crippen LogP contribution is -2.46. The Hall–Kier alpha value is -3.47. The number of para-hydroxylation sites is 1. The van der Waals surface area contributed by atoms with Gasteiger partial charge in [0.15, 0.2) is 0 Å². The van der Waals surface area contributed by atoms with E-state index >= 15 is 0 Å². The molecule has 2 aromatic carbocycles. The van der Waals surface area contributed by atoms with Gasteiger partial charge in [0.25, 0.3) is 0 Å². The minimum atomic E-state index is -0.972. The Kier molecular flexibility index (Phi) is 4.03. The van der Waals surface area contributed by atoms with Crippen LogP contribution in [0.15, 0.2) is 78.9 Å². The van der Waals surface area contributed by atoms with Gasteiger partial charge in [0.2, 0.25) is 17.7 Å². The largest absolute Gasteiger partial charge is 0.331 e. The van der Waals surface area contributed by atoms with Gasteiger partial charge in [-0.05, 0) is 29.2 Å². The summed E-state index contributed by atoms with van der Waals surface area (Å²) in [6, 6.07) is 17.0. The number of hydrogen-bond donors (Lipinski definition) is 0. The average molecular weight is 398 g/mol. The van der Waals surface area contributed by atoms with Crippen LogP contribution < -0.4 is 4.90 Å². The number of nitrogens with zero attached hydrogens (tertiary/aromatic N) is 2. The summed E-state index contributed by atoms with van der Waals surface area (Å²) in [7, 11) is 0. The Balaban J connectivity index is 1.60. The number of carbonyl (C=O) groups is 3. The number of anilines is 1. The summed E-state index contributed by atoms with van der Waals surface area (Å²) in [6.45, 7) is 6.10. The summed E-state index contributed by atoms with van der Waals surface area (Å²) in [5.41, 5.74) is 2.32. The minimum absolute atomic E-state index is 0.0158. The van der Waals surface area contributed by atoms with Gasteiger partial charge in [-0.25, -0.2) is 4.90 Å². The summed E-state index contributed by atoms with van der Waals surface area (Å²) in [5, 5.41) is 0. The Morgan fingerprint density at radius 3 is 2.53 bits per heavy atom. The molecule has 3 atom stereocenters. The normalized spacial score (nSPS) is 27.0. The van der Waals surface area contributed by atoms with Gasteiger partial charge >= 0.3 is 0 Å². The number of carbonyl (C=O) groups excluding carboxylic acids is 3. The maximum atomic E-state index is 13.6. The van der Waals surface area contributed by atoms with Gasteiger partial charge in [0.05, 0.1) is 23.1 Å². The second-order valence-corrected chi connectivity index (χ2v) is 8.23. The van der Waals surface area contributed by atoms with Crippen LogP contribution in [0, 0.1) is 5.92 Å². The predicted octanol–water partition coefficient (Wildman–Crippen LogP) is 3.36. The molecule has 2 heterocycles. The van der Waals surface area contributed by atoms with Crippen molar-refractivity contribution in [2.75, 3.05) is 4.90 Å². The lowest BCUT2D eigenvalue weighted by Gasteiger charge is -2.33. The summed E-state index contributed by atoms with van der Waals surface area (Å²) in [4.78, 5) is 42.1. The third-order valence-corrected chi connectivity index (χ3v) is 6.56. The van der Waals surface area contributed by atoms with E-state index in [0.717, 1.165) is 16.7 Å². The number of hydrogen-bond acceptors (Lipinski definition) is 3. The van der Waals surface area contributed by atoms with E-state index in [1.807, 2.05) is 71.6 Å². The highest BCUT2D eigenvalue weighted by Crippen LogP contribution is 2.51. The number of amides is 3. The van der Waals surface area contributed by atoms with Crippen LogP contribution in [0.5, 0.6) is 0 Å². The SMILES string of the molecule is C=C1[C@@H]2C=C[C@]3(C[C@H]1N(Cc1ccccc1)C2=O)C(=O)N(C(C)=O)c1ccccc13. The molecule has 5 heteroatoms. The third kappa shape index (κ3) is 2.45. The molecule has 3 aliphatic rings. The summed E-state index contributed by atoms with van der Waals surface area (Å²) in [6.07, 6.45) is 4.04. The molecule has 2 bridgehead atoms. The molecule has 0 saturated carbocycles. The van der Waals surface area contributed by atoms with Crippen molar-refractivity contribution in [3.8, 4) is 0 Å². The molecule has 1 fully saturated rings. The molecule has 1 aliphatic carbocycles. The van der Waals surface area contributed by atoms with Crippen molar-refractivity contribution in [2.24, 2.45) is 5.92 Å². The summed E-state index contributed by atoms with van der Waals surface area (Å²) in [5.74, 6) is -0.977. The van der Waals surface area contributed by atoms with Gasteiger partial charge < -0.3 is 4.90 Å². The maximum absolute atomic E-state index is 13.6. The first-order chi connectivity index (χ1) is 14.4. The molecule has 3 amide bonds. The highest BCUT2D eigenvalue weighted by Gasteiger charge is 2.56. The fraction of sp³-hybridized carbons (Fsp3) is 0.240. The first-order valence-corrected chi connectivity index (χ1v) is 10.1. The molecular formula is C25H22N2O3. The topological polar surface area (TPSA) is 57.7 Å². The zero-order valence-electron chi connectivity index (χ0n) is 16.7. The standard InChI is InChI=1S/C25H22N2O3/c1-16-19-12-13-25(20-10-6-7-11-21(20)27(17(2)28)24(25)30)14-22(16)26(23(19)29)15-18-8-4-3-5-9-18/h3-13,19,22H,1,14-15H2,2H3/t19-,22+,25+/m0/s1. The average Bonchev–Trinajstić information content (AvgIpc) is 3.02. The molecule has 0 radical (unpaired) electrons. The fourth-order valence-corrected chi connectivity index (χ4v) is 5.09. The smallest absolute Gasteiger partial charge is 0.248 e. The Morgan fingerprint density at radius 1 is 1.10 bits per heavy atom. The van der Waals surface area contributed by atoms with E-state index in [1.54, 1.807) is 0 Å². The van der Waals surface area contributed by atoms with Crippen LogP contribution in [0.3, 0.4) is 0 Å². The summed E-state index contributed by atoms with van der Waals surface area (Å²) < 4.78 is 0. The fourth-order valence-electron chi connectivity index (χ4n) is 5.09. The van der Waals surface area contributed by atoms with Gasteiger partial charge in [-0.2, -0.15) is 0 Å². The van der Waals surface area contributed by atoms with Gasteiger partial charge in [-0.15, -0.1) is 0 Å². The summed E-state index contributed by atoms with van der Waals surface area (Å²) >= 11 is 0. The second-order valence-electron chi connectivity index (χ2n) is 8.23. The molecule has 0 unspecified atom stereocenters. The van der Waals surface area contributed by atoms with Crippen molar-refractivity contribution >= 4 is 23.4 Å². The lowest BCUT2D eigenvalue weighted by atomic mass is 9.76. The van der Waals surface area contributed by atoms with Crippen LogP contribution in [0.4, 0.5) is 5.69 Å². The number of likely N-dealkylation sites (tertiary alicyclic amines) is 1. The molecule has 2 aliphatic heterocycles. The van der Waals surface area contributed by atoms with E-state index in [0.29, 0.717) is 18.7 Å². The van der Waals surface area contributed by atoms with Crippen LogP contribution >= 0.6 is 0 Å². The molecule has 2 aromatic rings. The Morgan fingerprint density at radius 2 is 1.80 bits per heavy atom. The Bertz CT molecular complexity index is 1120. The van der Waals surface area contributed by atoms with Crippen molar-refractivity contribution < 1.29 is 14.4 Å². The van der Waals surface area contributed by atoms with Crippen LogP contribution in [-0.4, -0.2) is 28.7 Å². The second kappa shape index (κ2) is 6.52. The van der Waals surface area contributed by atoms with Crippen molar-refractivity contribution in [3.05, 3.63) is 90.0 Å². The van der Waals surface area contributed by atoms with Gasteiger partial charge in [0.1, 0.15) is 0 Å². The van der Waals surface area contributed by atoms with E-state index in [4.69, 9.17) is 0 Å². The van der Waals surface area contributed by atoms with Crippen LogP contribution in [0.2, 0.25) is 0 Å². The van der Waals surface area contributed by atoms with Crippen LogP contribution in [0.25, 0.3) is 0 Å². The van der Waals surface area contributed by atoms with Gasteiger partial charge in [-0.1, -0.05) is 67.3 Å². The Labute approximate surface area is 175 Å². The van der Waals surface area contributed by atoms with Crippen molar-refractivity contribution in [1.82, 2.24) is 4.90 Å². The number of rotatable bonds is 2. The molecule has 5 nitrogen and oxygen atoms in total. The van der Waals surface area contributed by atoms with E-state index < -0.39 is 11.3 Å². The van der Waals surface area contributed by atoms with Crippen molar-refractivity contribution in [1.29, 1.82) is 0 Å². The molecule has 150 valence electrons. The van der Waals surface area contributed by atoms with E-state index in [9.17, 15) is 14.4 Å². The molecule has 1 saturated heterocycles. The maximum Gasteiger partial charge on any atom is 0.248 e. The number of fused-ring (bicyclic) bond motifs is 4. The first-order valence-electron chi connectivity index (χ1n) is 10.1. The lowest BCUT2D eigenvalue weighted by molar-refractivity contribution is -0.133. The van der Waals surface area contributed by atoms with Crippen LogP contribution in [-0.2, 0) is 26.3 Å². The van der Waals surface area contributed by atoms with E-state index in [1.165, 1.54) is 11.8 Å². The zero-order valence-corrected chi connectivity index (χ0v) is 16.7. The van der Waals surface area contributed by atoms with Gasteiger partial charge in [-0.3, -0.25) is 14.4 Å². The molecule has 1 spiro atoms. The third-order valence-electron chi connectivity index (χ3n) is 6.56. The molecule has 0 N–H and O–H groups in total. The van der Waals surface area contributed by atoms with E-state index in [-0.39, 0.29) is 23.8 Å². The first kappa shape index (κ1) is 18.6. The van der Waals surface area contributed by atoms with E-state index in [2.05, 4.69) is 6.58 Å². The zero-order chi connectivity index (χ0) is 21.0. The number of benzene rings is 2. The number of imide groups is 1. The highest BCUT2D eigenvalue weighted by molar-refractivity contribution is 6.23.